The van der Waals surface area contributed by atoms with Crippen LogP contribution in [0.1, 0.15) is 32.5 Å². The van der Waals surface area contributed by atoms with Crippen LogP contribution in [0.15, 0.2) is 52.1 Å². The number of aryl methyl sites for hydroxylation is 2. The molecule has 0 fully saturated rings. The average Bonchev–Trinajstić information content (AvgIpc) is 3.24. The lowest BCUT2D eigenvalue weighted by atomic mass is 10.2. The Bertz CT molecular complexity index is 959. The summed E-state index contributed by atoms with van der Waals surface area (Å²) in [6, 6.07) is 10.9. The lowest BCUT2D eigenvalue weighted by molar-refractivity contribution is 0.224. The van der Waals surface area contributed by atoms with Crippen LogP contribution < -0.4 is 4.72 Å². The van der Waals surface area contributed by atoms with Crippen molar-refractivity contribution in [3.63, 3.8) is 0 Å². The molecule has 0 aliphatic carbocycles. The van der Waals surface area contributed by atoms with E-state index in [1.54, 1.807) is 19.1 Å². The summed E-state index contributed by atoms with van der Waals surface area (Å²) in [5.74, 6) is 0. The third-order valence-electron chi connectivity index (χ3n) is 3.87. The molecule has 0 bridgehead atoms. The number of rotatable bonds is 6. The van der Waals surface area contributed by atoms with Crippen LogP contribution in [-0.4, -0.2) is 13.5 Å². The van der Waals surface area contributed by atoms with Gasteiger partial charge in [-0.1, -0.05) is 17.7 Å². The first-order valence-electron chi connectivity index (χ1n) is 7.72. The summed E-state index contributed by atoms with van der Waals surface area (Å²) in [7, 11) is -3.56. The highest BCUT2D eigenvalue weighted by Gasteiger charge is 2.18. The van der Waals surface area contributed by atoms with Gasteiger partial charge in [-0.25, -0.2) is 13.1 Å². The molecule has 0 radical (unpaired) electrons. The second kappa shape index (κ2) is 7.39. The second-order valence-electron chi connectivity index (χ2n) is 5.86. The molecule has 0 amide bonds. The van der Waals surface area contributed by atoms with E-state index >= 15 is 0 Å². The van der Waals surface area contributed by atoms with E-state index in [0.717, 1.165) is 26.4 Å². The summed E-state index contributed by atoms with van der Waals surface area (Å²) >= 11 is 2.95. The first-order chi connectivity index (χ1) is 11.9. The molecule has 0 saturated carbocycles. The molecule has 4 nitrogen and oxygen atoms in total. The van der Waals surface area contributed by atoms with Crippen LogP contribution in [0.4, 0.5) is 0 Å². The molecule has 25 heavy (non-hydrogen) atoms. The summed E-state index contributed by atoms with van der Waals surface area (Å²) < 4.78 is 27.7. The smallest absolute Gasteiger partial charge is 0.241 e. The Hall–Kier alpha value is -1.51. The quantitative estimate of drug-likeness (QED) is 0.665. The first kappa shape index (κ1) is 18.3. The molecule has 132 valence electrons. The molecule has 1 atom stereocenters. The molecule has 3 rings (SSSR count). The number of thiophene rings is 2. The summed E-state index contributed by atoms with van der Waals surface area (Å²) in [6.45, 7) is 3.93. The summed E-state index contributed by atoms with van der Waals surface area (Å²) in [5, 5.41) is 14.2. The Kier molecular flexibility index (Phi) is 5.41. The van der Waals surface area contributed by atoms with Crippen molar-refractivity contribution in [2.24, 2.45) is 0 Å². The van der Waals surface area contributed by atoms with Crippen LogP contribution in [0.2, 0.25) is 0 Å². The second-order valence-corrected chi connectivity index (χ2v) is 9.57. The molecule has 0 spiro atoms. The molecule has 7 heteroatoms. The lowest BCUT2D eigenvalue weighted by Gasteiger charge is -2.09. The van der Waals surface area contributed by atoms with Crippen LogP contribution in [0.25, 0.3) is 0 Å². The maximum Gasteiger partial charge on any atom is 0.241 e. The zero-order chi connectivity index (χ0) is 18.0. The maximum absolute atomic E-state index is 12.5. The van der Waals surface area contributed by atoms with E-state index in [1.807, 2.05) is 41.9 Å². The molecular formula is C18H19NO3S3. The van der Waals surface area contributed by atoms with Gasteiger partial charge in [-0.15, -0.1) is 11.3 Å². The Labute approximate surface area is 155 Å². The van der Waals surface area contributed by atoms with E-state index in [9.17, 15) is 13.5 Å². The minimum atomic E-state index is -3.56. The van der Waals surface area contributed by atoms with E-state index in [4.69, 9.17) is 0 Å². The van der Waals surface area contributed by atoms with Gasteiger partial charge in [0, 0.05) is 16.3 Å². The van der Waals surface area contributed by atoms with Gasteiger partial charge in [-0.05, 0) is 60.0 Å². The summed E-state index contributed by atoms with van der Waals surface area (Å²) in [5.41, 5.74) is 2.61. The molecule has 0 aliphatic heterocycles. The van der Waals surface area contributed by atoms with Gasteiger partial charge >= 0.3 is 0 Å². The monoisotopic (exact) mass is 393 g/mol. The van der Waals surface area contributed by atoms with Crippen molar-refractivity contribution >= 4 is 32.7 Å². The number of hydrogen-bond donors (Lipinski definition) is 2. The Balaban J connectivity index is 1.71. The molecule has 1 unspecified atom stereocenters. The molecule has 1 aromatic carbocycles. The maximum atomic E-state index is 12.5. The van der Waals surface area contributed by atoms with Gasteiger partial charge < -0.3 is 5.11 Å². The number of aliphatic hydroxyl groups excluding tert-OH is 1. The van der Waals surface area contributed by atoms with Crippen LogP contribution in [0, 0.1) is 13.8 Å². The Morgan fingerprint density at radius 1 is 1.16 bits per heavy atom. The van der Waals surface area contributed by atoms with Crippen molar-refractivity contribution < 1.29 is 13.5 Å². The third-order valence-corrected chi connectivity index (χ3v) is 7.27. The van der Waals surface area contributed by atoms with Gasteiger partial charge in [0.2, 0.25) is 10.0 Å². The summed E-state index contributed by atoms with van der Waals surface area (Å²) in [6.07, 6.45) is -0.666. The molecule has 2 N–H and O–H groups in total. The van der Waals surface area contributed by atoms with Gasteiger partial charge in [0.15, 0.2) is 0 Å². The molecule has 3 aromatic rings. The fraction of sp³-hybridized carbons (Fsp3) is 0.222. The van der Waals surface area contributed by atoms with Gasteiger partial charge in [-0.3, -0.25) is 0 Å². The number of hydrogen-bond acceptors (Lipinski definition) is 5. The largest absolute Gasteiger partial charge is 0.383 e. The molecular weight excluding hydrogens is 374 g/mol. The van der Waals surface area contributed by atoms with Crippen molar-refractivity contribution in [3.8, 4) is 0 Å². The van der Waals surface area contributed by atoms with E-state index < -0.39 is 16.1 Å². The number of aliphatic hydroxyl groups is 1. The van der Waals surface area contributed by atoms with Crippen molar-refractivity contribution in [1.82, 2.24) is 4.72 Å². The molecule has 2 heterocycles. The van der Waals surface area contributed by atoms with Crippen molar-refractivity contribution in [2.75, 3.05) is 0 Å². The zero-order valence-corrected chi connectivity index (χ0v) is 16.3. The van der Waals surface area contributed by atoms with Crippen molar-refractivity contribution in [3.05, 3.63) is 73.6 Å². The fourth-order valence-corrected chi connectivity index (χ4v) is 5.54. The SMILES string of the molecule is Cc1ccc(S(=O)(=O)NCc2ccc(C(O)c3ccsc3)s2)c(C)c1. The topological polar surface area (TPSA) is 66.4 Å². The van der Waals surface area contributed by atoms with Gasteiger partial charge in [-0.2, -0.15) is 11.3 Å². The van der Waals surface area contributed by atoms with Crippen LogP contribution in [0.5, 0.6) is 0 Å². The number of sulfonamides is 1. The average molecular weight is 394 g/mol. The molecule has 2 aromatic heterocycles. The van der Waals surface area contributed by atoms with Gasteiger partial charge in [0.1, 0.15) is 6.10 Å². The van der Waals surface area contributed by atoms with E-state index in [0.29, 0.717) is 4.90 Å². The number of benzene rings is 1. The van der Waals surface area contributed by atoms with Crippen molar-refractivity contribution in [1.29, 1.82) is 0 Å². The van der Waals surface area contributed by atoms with Gasteiger partial charge in [0.25, 0.3) is 0 Å². The third kappa shape index (κ3) is 4.19. The highest BCUT2D eigenvalue weighted by Crippen LogP contribution is 2.29. The summed E-state index contributed by atoms with van der Waals surface area (Å²) in [4.78, 5) is 1.96. The van der Waals surface area contributed by atoms with Crippen LogP contribution in [-0.2, 0) is 16.6 Å². The van der Waals surface area contributed by atoms with Crippen LogP contribution in [0.3, 0.4) is 0 Å². The fourth-order valence-electron chi connectivity index (χ4n) is 2.58. The number of nitrogens with one attached hydrogen (secondary N) is 1. The Morgan fingerprint density at radius 3 is 2.64 bits per heavy atom. The standard InChI is InChI=1S/C18H19NO3S3/c1-12-3-6-17(13(2)9-12)25(21,22)19-10-15-4-5-16(24-15)18(20)14-7-8-23-11-14/h3-9,11,18-20H,10H2,1-2H3. The lowest BCUT2D eigenvalue weighted by Crippen LogP contribution is -2.23. The van der Waals surface area contributed by atoms with E-state index in [1.165, 1.54) is 22.7 Å². The van der Waals surface area contributed by atoms with E-state index in [2.05, 4.69) is 4.72 Å². The highest BCUT2D eigenvalue weighted by molar-refractivity contribution is 7.89. The van der Waals surface area contributed by atoms with Crippen LogP contribution >= 0.6 is 22.7 Å². The predicted octanol–water partition coefficient (Wildman–Crippen LogP) is 3.99. The molecule has 0 saturated heterocycles. The highest BCUT2D eigenvalue weighted by atomic mass is 32.2. The predicted molar refractivity (Wildman–Crippen MR) is 103 cm³/mol. The van der Waals surface area contributed by atoms with Gasteiger partial charge in [0.05, 0.1) is 4.90 Å². The minimum absolute atomic E-state index is 0.205. The normalized spacial score (nSPS) is 13.1. The first-order valence-corrected chi connectivity index (χ1v) is 11.0. The minimum Gasteiger partial charge on any atom is -0.383 e. The Morgan fingerprint density at radius 2 is 1.96 bits per heavy atom. The van der Waals surface area contributed by atoms with E-state index in [-0.39, 0.29) is 6.54 Å². The zero-order valence-electron chi connectivity index (χ0n) is 13.9. The molecule has 0 aliphatic rings. The van der Waals surface area contributed by atoms with Crippen molar-refractivity contribution in [2.45, 2.75) is 31.4 Å².